The highest BCUT2D eigenvalue weighted by molar-refractivity contribution is 6.22. The number of carbonyl (C=O) groups excluding carboxylic acids is 3. The van der Waals surface area contributed by atoms with Gasteiger partial charge in [0.05, 0.1) is 17.7 Å². The van der Waals surface area contributed by atoms with Crippen LogP contribution in [-0.2, 0) is 4.79 Å². The summed E-state index contributed by atoms with van der Waals surface area (Å²) in [6, 6.07) is 12.4. The molecule has 0 fully saturated rings. The summed E-state index contributed by atoms with van der Waals surface area (Å²) in [5, 5.41) is 4.94. The van der Waals surface area contributed by atoms with Gasteiger partial charge in [-0.1, -0.05) is 17.7 Å². The molecule has 6 nitrogen and oxygen atoms in total. The van der Waals surface area contributed by atoms with Crippen LogP contribution in [0.25, 0.3) is 0 Å². The number of carbonyl (C=O) groups is 3. The van der Waals surface area contributed by atoms with Crippen molar-refractivity contribution in [3.63, 3.8) is 0 Å². The summed E-state index contributed by atoms with van der Waals surface area (Å²) in [6.07, 6.45) is 0.873. The Bertz CT molecular complexity index is 828. The Morgan fingerprint density at radius 2 is 1.76 bits per heavy atom. The average Bonchev–Trinajstić information content (AvgIpc) is 2.87. The predicted molar refractivity (Wildman–Crippen MR) is 92.8 cm³/mol. The molecule has 0 spiro atoms. The lowest BCUT2D eigenvalue weighted by molar-refractivity contribution is -0.116. The fourth-order valence-corrected chi connectivity index (χ4v) is 2.53. The number of imide groups is 1. The standard InChI is InChI=1S/C19H18N2O4/c1-12-4-7-14(8-5-12)25-10-2-3-17(22)20-13-6-9-15-16(11-13)19(24)21-18(15)23/h4-9,11H,2-3,10H2,1H3,(H,20,22)(H,21,23,24). The largest absolute Gasteiger partial charge is 0.494 e. The second-order valence-corrected chi connectivity index (χ2v) is 5.86. The molecular weight excluding hydrogens is 320 g/mol. The fraction of sp³-hybridized carbons (Fsp3) is 0.211. The molecule has 128 valence electrons. The molecule has 1 aliphatic heterocycles. The van der Waals surface area contributed by atoms with Crippen LogP contribution in [0.2, 0.25) is 0 Å². The lowest BCUT2D eigenvalue weighted by Crippen LogP contribution is -2.19. The first kappa shape index (κ1) is 16.7. The van der Waals surface area contributed by atoms with Crippen molar-refractivity contribution in [2.24, 2.45) is 0 Å². The number of benzene rings is 2. The summed E-state index contributed by atoms with van der Waals surface area (Å²) in [7, 11) is 0. The number of hydrogen-bond acceptors (Lipinski definition) is 4. The van der Waals surface area contributed by atoms with Crippen molar-refractivity contribution in [1.82, 2.24) is 5.32 Å². The van der Waals surface area contributed by atoms with Gasteiger partial charge in [-0.25, -0.2) is 0 Å². The molecule has 0 saturated heterocycles. The summed E-state index contributed by atoms with van der Waals surface area (Å²) >= 11 is 0. The molecule has 3 rings (SSSR count). The van der Waals surface area contributed by atoms with E-state index in [-0.39, 0.29) is 11.5 Å². The highest BCUT2D eigenvalue weighted by Gasteiger charge is 2.26. The third kappa shape index (κ3) is 4.03. The summed E-state index contributed by atoms with van der Waals surface area (Å²) < 4.78 is 5.58. The molecule has 0 aliphatic carbocycles. The van der Waals surface area contributed by atoms with Crippen LogP contribution in [0.3, 0.4) is 0 Å². The van der Waals surface area contributed by atoms with Gasteiger partial charge in [0.2, 0.25) is 5.91 Å². The first-order chi connectivity index (χ1) is 12.0. The SMILES string of the molecule is Cc1ccc(OCCCC(=O)Nc2ccc3c(c2)C(=O)NC3=O)cc1. The van der Waals surface area contributed by atoms with Gasteiger partial charge in [-0.3, -0.25) is 19.7 Å². The molecule has 1 aliphatic rings. The minimum absolute atomic E-state index is 0.169. The summed E-state index contributed by atoms with van der Waals surface area (Å²) in [5.41, 5.74) is 2.27. The lowest BCUT2D eigenvalue weighted by atomic mass is 10.1. The topological polar surface area (TPSA) is 84.5 Å². The van der Waals surface area contributed by atoms with Crippen molar-refractivity contribution < 1.29 is 19.1 Å². The molecule has 2 N–H and O–H groups in total. The van der Waals surface area contributed by atoms with E-state index in [0.717, 1.165) is 11.3 Å². The Kier molecular flexibility index (Phi) is 4.79. The Morgan fingerprint density at radius 1 is 1.04 bits per heavy atom. The highest BCUT2D eigenvalue weighted by Crippen LogP contribution is 2.20. The molecule has 3 amide bonds. The molecule has 2 aromatic rings. The first-order valence-corrected chi connectivity index (χ1v) is 8.02. The van der Waals surface area contributed by atoms with Gasteiger partial charge < -0.3 is 10.1 Å². The van der Waals surface area contributed by atoms with Gasteiger partial charge in [-0.15, -0.1) is 0 Å². The van der Waals surface area contributed by atoms with Gasteiger partial charge in [0.1, 0.15) is 5.75 Å². The number of nitrogens with one attached hydrogen (secondary N) is 2. The Balaban J connectivity index is 1.47. The average molecular weight is 338 g/mol. The van der Waals surface area contributed by atoms with Crippen LogP contribution in [0.5, 0.6) is 5.75 Å². The molecule has 1 heterocycles. The van der Waals surface area contributed by atoms with Gasteiger partial charge >= 0.3 is 0 Å². The molecule has 6 heteroatoms. The van der Waals surface area contributed by atoms with Gasteiger partial charge in [0.25, 0.3) is 11.8 Å². The Hall–Kier alpha value is -3.15. The molecule has 0 unspecified atom stereocenters. The minimum Gasteiger partial charge on any atom is -0.494 e. The maximum Gasteiger partial charge on any atom is 0.259 e. The van der Waals surface area contributed by atoms with Crippen molar-refractivity contribution in [2.45, 2.75) is 19.8 Å². The van der Waals surface area contributed by atoms with Crippen LogP contribution in [0.15, 0.2) is 42.5 Å². The van der Waals surface area contributed by atoms with Crippen LogP contribution in [-0.4, -0.2) is 24.3 Å². The van der Waals surface area contributed by atoms with E-state index in [4.69, 9.17) is 4.74 Å². The van der Waals surface area contributed by atoms with E-state index >= 15 is 0 Å². The molecule has 0 saturated carbocycles. The van der Waals surface area contributed by atoms with Crippen LogP contribution in [0.1, 0.15) is 39.1 Å². The molecular formula is C19H18N2O4. The third-order valence-electron chi connectivity index (χ3n) is 3.86. The monoisotopic (exact) mass is 338 g/mol. The zero-order valence-electron chi connectivity index (χ0n) is 13.8. The van der Waals surface area contributed by atoms with Crippen molar-refractivity contribution in [2.75, 3.05) is 11.9 Å². The number of ether oxygens (including phenoxy) is 1. The molecule has 2 aromatic carbocycles. The van der Waals surface area contributed by atoms with Crippen LogP contribution >= 0.6 is 0 Å². The molecule has 0 radical (unpaired) electrons. The highest BCUT2D eigenvalue weighted by atomic mass is 16.5. The van der Waals surface area contributed by atoms with E-state index in [1.807, 2.05) is 31.2 Å². The molecule has 0 bridgehead atoms. The normalized spacial score (nSPS) is 12.5. The smallest absolute Gasteiger partial charge is 0.259 e. The molecule has 0 aromatic heterocycles. The quantitative estimate of drug-likeness (QED) is 0.626. The first-order valence-electron chi connectivity index (χ1n) is 8.02. The third-order valence-corrected chi connectivity index (χ3v) is 3.86. The molecule has 0 atom stereocenters. The van der Waals surface area contributed by atoms with Crippen molar-refractivity contribution in [3.8, 4) is 5.75 Å². The molecule has 25 heavy (non-hydrogen) atoms. The van der Waals surface area contributed by atoms with E-state index in [1.54, 1.807) is 6.07 Å². The zero-order chi connectivity index (χ0) is 17.8. The van der Waals surface area contributed by atoms with Gasteiger partial charge in [0, 0.05) is 12.1 Å². The van der Waals surface area contributed by atoms with Crippen molar-refractivity contribution >= 4 is 23.4 Å². The summed E-state index contributed by atoms with van der Waals surface area (Å²) in [5.74, 6) is -0.244. The van der Waals surface area contributed by atoms with Gasteiger partial charge in [-0.2, -0.15) is 0 Å². The van der Waals surface area contributed by atoms with Crippen LogP contribution < -0.4 is 15.4 Å². The van der Waals surface area contributed by atoms with E-state index < -0.39 is 11.8 Å². The minimum atomic E-state index is -0.442. The number of anilines is 1. The number of hydrogen-bond donors (Lipinski definition) is 2. The number of amides is 3. The number of fused-ring (bicyclic) bond motifs is 1. The maximum atomic E-state index is 12.0. The van der Waals surface area contributed by atoms with E-state index in [2.05, 4.69) is 10.6 Å². The number of aryl methyl sites for hydroxylation is 1. The summed E-state index contributed by atoms with van der Waals surface area (Å²) in [4.78, 5) is 35.1. The van der Waals surface area contributed by atoms with Crippen molar-refractivity contribution in [3.05, 3.63) is 59.2 Å². The predicted octanol–water partition coefficient (Wildman–Crippen LogP) is 2.68. The summed E-state index contributed by atoms with van der Waals surface area (Å²) in [6.45, 7) is 2.45. The van der Waals surface area contributed by atoms with Gasteiger partial charge in [-0.05, 0) is 43.7 Å². The van der Waals surface area contributed by atoms with E-state index in [1.165, 1.54) is 12.1 Å². The second-order valence-electron chi connectivity index (χ2n) is 5.86. The fourth-order valence-electron chi connectivity index (χ4n) is 2.53. The Labute approximate surface area is 145 Å². The van der Waals surface area contributed by atoms with Crippen LogP contribution in [0, 0.1) is 6.92 Å². The second kappa shape index (κ2) is 7.17. The van der Waals surface area contributed by atoms with Crippen molar-refractivity contribution in [1.29, 1.82) is 0 Å². The Morgan fingerprint density at radius 3 is 2.52 bits per heavy atom. The van der Waals surface area contributed by atoms with Gasteiger partial charge in [0.15, 0.2) is 0 Å². The number of rotatable bonds is 6. The van der Waals surface area contributed by atoms with E-state index in [9.17, 15) is 14.4 Å². The maximum absolute atomic E-state index is 12.0. The zero-order valence-corrected chi connectivity index (χ0v) is 13.8. The van der Waals surface area contributed by atoms with Crippen LogP contribution in [0.4, 0.5) is 5.69 Å². The lowest BCUT2D eigenvalue weighted by Gasteiger charge is -2.08. The van der Waals surface area contributed by atoms with E-state index in [0.29, 0.717) is 30.7 Å².